The van der Waals surface area contributed by atoms with Crippen LogP contribution in [-0.2, 0) is 13.0 Å². The molecule has 0 saturated heterocycles. The maximum atomic E-state index is 12.1. The van der Waals surface area contributed by atoms with E-state index in [1.807, 2.05) is 24.3 Å². The number of aryl methyl sites for hydroxylation is 1. The highest BCUT2D eigenvalue weighted by molar-refractivity contribution is 9.10. The third kappa shape index (κ3) is 3.42. The average molecular weight is 335 g/mol. The van der Waals surface area contributed by atoms with Gasteiger partial charge in [0.15, 0.2) is 5.78 Å². The van der Waals surface area contributed by atoms with Crippen LogP contribution in [0.3, 0.4) is 0 Å². The number of rotatable bonds is 5. The van der Waals surface area contributed by atoms with E-state index in [-0.39, 0.29) is 17.9 Å². The molecule has 2 aromatic rings. The van der Waals surface area contributed by atoms with E-state index in [2.05, 4.69) is 27.8 Å². The van der Waals surface area contributed by atoms with Crippen molar-refractivity contribution in [1.29, 1.82) is 0 Å². The minimum absolute atomic E-state index is 0.00159. The second kappa shape index (κ2) is 6.61. The number of aromatic nitrogens is 2. The van der Waals surface area contributed by atoms with Crippen molar-refractivity contribution in [2.45, 2.75) is 26.3 Å². The molecule has 0 aliphatic heterocycles. The molecule has 0 aliphatic carbocycles. The Bertz CT molecular complexity index is 662. The van der Waals surface area contributed by atoms with Gasteiger partial charge in [-0.15, -0.1) is 0 Å². The van der Waals surface area contributed by atoms with Crippen molar-refractivity contribution in [1.82, 2.24) is 9.55 Å². The number of ketones is 1. The molecule has 0 atom stereocenters. The van der Waals surface area contributed by atoms with E-state index in [9.17, 15) is 9.59 Å². The molecule has 104 valence electrons. The van der Waals surface area contributed by atoms with Gasteiger partial charge in [0.2, 0.25) is 0 Å². The van der Waals surface area contributed by atoms with E-state index in [4.69, 9.17) is 0 Å². The normalized spacial score (nSPS) is 10.5. The van der Waals surface area contributed by atoms with Crippen LogP contribution in [0.15, 0.2) is 46.1 Å². The number of halogens is 1. The van der Waals surface area contributed by atoms with Crippen LogP contribution in [0.25, 0.3) is 0 Å². The zero-order valence-corrected chi connectivity index (χ0v) is 12.8. The number of carbonyl (C=O) groups excluding carboxylic acids is 1. The van der Waals surface area contributed by atoms with Crippen molar-refractivity contribution in [3.8, 4) is 0 Å². The van der Waals surface area contributed by atoms with Crippen molar-refractivity contribution in [3.05, 3.63) is 62.7 Å². The van der Waals surface area contributed by atoms with E-state index < -0.39 is 0 Å². The van der Waals surface area contributed by atoms with Crippen molar-refractivity contribution >= 4 is 21.7 Å². The van der Waals surface area contributed by atoms with Gasteiger partial charge in [-0.1, -0.05) is 37.6 Å². The van der Waals surface area contributed by atoms with Crippen LogP contribution >= 0.6 is 15.9 Å². The average Bonchev–Trinajstić information content (AvgIpc) is 2.45. The zero-order valence-electron chi connectivity index (χ0n) is 11.2. The zero-order chi connectivity index (χ0) is 14.5. The predicted octanol–water partition coefficient (Wildman–Crippen LogP) is 2.84. The van der Waals surface area contributed by atoms with Gasteiger partial charge in [0.1, 0.15) is 4.47 Å². The summed E-state index contributed by atoms with van der Waals surface area (Å²) in [7, 11) is 0. The van der Waals surface area contributed by atoms with Crippen molar-refractivity contribution in [2.24, 2.45) is 0 Å². The molecule has 0 bridgehead atoms. The van der Waals surface area contributed by atoms with Crippen LogP contribution in [0.5, 0.6) is 0 Å². The molecule has 0 radical (unpaired) electrons. The summed E-state index contributed by atoms with van der Waals surface area (Å²) in [5.74, 6) is -0.102. The van der Waals surface area contributed by atoms with Crippen LogP contribution in [0.1, 0.15) is 29.3 Å². The molecule has 0 fully saturated rings. The summed E-state index contributed by atoms with van der Waals surface area (Å²) < 4.78 is 1.65. The molecule has 0 amide bonds. The van der Waals surface area contributed by atoms with Crippen LogP contribution in [0, 0.1) is 0 Å². The van der Waals surface area contributed by atoms with Gasteiger partial charge in [-0.25, -0.2) is 4.98 Å². The van der Waals surface area contributed by atoms with E-state index >= 15 is 0 Å². The Balaban J connectivity index is 2.15. The summed E-state index contributed by atoms with van der Waals surface area (Å²) in [4.78, 5) is 27.8. The van der Waals surface area contributed by atoms with Gasteiger partial charge >= 0.3 is 0 Å². The third-order valence-corrected chi connectivity index (χ3v) is 3.53. The minimum Gasteiger partial charge on any atom is -0.292 e. The number of hydrogen-bond donors (Lipinski definition) is 0. The van der Waals surface area contributed by atoms with Crippen LogP contribution < -0.4 is 5.56 Å². The molecule has 20 heavy (non-hydrogen) atoms. The number of benzene rings is 1. The first-order chi connectivity index (χ1) is 9.61. The first-order valence-corrected chi connectivity index (χ1v) is 7.23. The van der Waals surface area contributed by atoms with Gasteiger partial charge in [-0.3, -0.25) is 14.2 Å². The SMILES string of the molecule is CCCc1ccc(C(=O)Cn2cncc(Br)c2=O)cc1. The number of Topliss-reactive ketones (excluding diaryl/α,β-unsaturated/α-hetero) is 1. The standard InChI is InChI=1S/C15H15BrN2O2/c1-2-3-11-4-6-12(7-5-11)14(19)9-18-10-17-8-13(16)15(18)20/h4-8,10H,2-3,9H2,1H3. The number of nitrogens with zero attached hydrogens (tertiary/aromatic N) is 2. The van der Waals surface area contributed by atoms with Gasteiger partial charge in [-0.2, -0.15) is 0 Å². The lowest BCUT2D eigenvalue weighted by Gasteiger charge is -2.05. The fourth-order valence-corrected chi connectivity index (χ4v) is 2.27. The molecule has 0 N–H and O–H groups in total. The summed E-state index contributed by atoms with van der Waals surface area (Å²) >= 11 is 3.11. The smallest absolute Gasteiger partial charge is 0.268 e. The Morgan fingerprint density at radius 1 is 1.30 bits per heavy atom. The van der Waals surface area contributed by atoms with Crippen molar-refractivity contribution in [3.63, 3.8) is 0 Å². The Morgan fingerprint density at radius 3 is 2.65 bits per heavy atom. The van der Waals surface area contributed by atoms with Crippen molar-refractivity contribution < 1.29 is 4.79 Å². The van der Waals surface area contributed by atoms with E-state index in [1.165, 1.54) is 22.7 Å². The Kier molecular flexibility index (Phi) is 4.84. The summed E-state index contributed by atoms with van der Waals surface area (Å²) in [6.07, 6.45) is 4.87. The molecular formula is C15H15BrN2O2. The van der Waals surface area contributed by atoms with E-state index in [1.54, 1.807) is 0 Å². The minimum atomic E-state index is -0.254. The summed E-state index contributed by atoms with van der Waals surface area (Å²) in [5.41, 5.74) is 1.57. The first kappa shape index (κ1) is 14.7. The maximum Gasteiger partial charge on any atom is 0.268 e. The highest BCUT2D eigenvalue weighted by Crippen LogP contribution is 2.08. The lowest BCUT2D eigenvalue weighted by Crippen LogP contribution is -2.24. The maximum absolute atomic E-state index is 12.1. The predicted molar refractivity (Wildman–Crippen MR) is 81.0 cm³/mol. The van der Waals surface area contributed by atoms with E-state index in [0.717, 1.165) is 12.8 Å². The van der Waals surface area contributed by atoms with Crippen LogP contribution in [0.2, 0.25) is 0 Å². The number of carbonyl (C=O) groups is 1. The summed E-state index contributed by atoms with van der Waals surface area (Å²) in [6.45, 7) is 2.12. The van der Waals surface area contributed by atoms with Gasteiger partial charge in [-0.05, 0) is 27.9 Å². The quantitative estimate of drug-likeness (QED) is 0.790. The molecule has 1 aromatic carbocycles. The molecule has 1 aromatic heterocycles. The van der Waals surface area contributed by atoms with Gasteiger partial charge in [0, 0.05) is 11.8 Å². The fourth-order valence-electron chi connectivity index (χ4n) is 1.93. The molecule has 0 aliphatic rings. The Labute approximate surface area is 125 Å². The highest BCUT2D eigenvalue weighted by Gasteiger charge is 2.09. The van der Waals surface area contributed by atoms with E-state index in [0.29, 0.717) is 10.0 Å². The lowest BCUT2D eigenvalue weighted by atomic mass is 10.1. The third-order valence-electron chi connectivity index (χ3n) is 2.99. The number of hydrogen-bond acceptors (Lipinski definition) is 3. The monoisotopic (exact) mass is 334 g/mol. The molecule has 2 rings (SSSR count). The molecule has 0 spiro atoms. The second-order valence-corrected chi connectivity index (χ2v) is 5.40. The highest BCUT2D eigenvalue weighted by atomic mass is 79.9. The molecule has 0 saturated carbocycles. The Hall–Kier alpha value is -1.75. The second-order valence-electron chi connectivity index (χ2n) is 4.54. The van der Waals surface area contributed by atoms with Gasteiger partial charge in [0.25, 0.3) is 5.56 Å². The first-order valence-electron chi connectivity index (χ1n) is 6.44. The Morgan fingerprint density at radius 2 is 2.00 bits per heavy atom. The largest absolute Gasteiger partial charge is 0.292 e. The molecular weight excluding hydrogens is 320 g/mol. The topological polar surface area (TPSA) is 52.0 Å². The molecule has 4 nitrogen and oxygen atoms in total. The summed E-state index contributed by atoms with van der Waals surface area (Å²) in [6, 6.07) is 7.53. The van der Waals surface area contributed by atoms with Crippen LogP contribution in [0.4, 0.5) is 0 Å². The molecule has 1 heterocycles. The lowest BCUT2D eigenvalue weighted by molar-refractivity contribution is 0.0970. The molecule has 5 heteroatoms. The van der Waals surface area contributed by atoms with Crippen molar-refractivity contribution in [2.75, 3.05) is 0 Å². The fraction of sp³-hybridized carbons (Fsp3) is 0.267. The van der Waals surface area contributed by atoms with Gasteiger partial charge < -0.3 is 0 Å². The molecule has 0 unspecified atom stereocenters. The summed E-state index contributed by atoms with van der Waals surface area (Å²) in [5, 5.41) is 0. The van der Waals surface area contributed by atoms with Crippen LogP contribution in [-0.4, -0.2) is 15.3 Å². The van der Waals surface area contributed by atoms with Gasteiger partial charge in [0.05, 0.1) is 12.9 Å².